The van der Waals surface area contributed by atoms with Crippen LogP contribution in [0.4, 0.5) is 11.6 Å². The van der Waals surface area contributed by atoms with Crippen molar-refractivity contribution < 1.29 is 19.5 Å². The second kappa shape index (κ2) is 11.1. The summed E-state index contributed by atoms with van der Waals surface area (Å²) in [4.78, 5) is 47.3. The normalized spacial score (nSPS) is 21.9. The molecule has 1 atom stereocenters. The van der Waals surface area contributed by atoms with Crippen LogP contribution in [0.15, 0.2) is 12.1 Å². The van der Waals surface area contributed by atoms with Gasteiger partial charge in [0.1, 0.15) is 11.6 Å². The predicted molar refractivity (Wildman–Crippen MR) is 130 cm³/mol. The second-order valence-electron chi connectivity index (χ2n) is 9.89. The number of aliphatic carboxylic acids is 1. The third-order valence-corrected chi connectivity index (χ3v) is 7.38. The monoisotopic (exact) mass is 471 g/mol. The highest BCUT2D eigenvalue weighted by Crippen LogP contribution is 2.29. The zero-order valence-electron chi connectivity index (χ0n) is 20.2. The number of piperidine rings is 1. The maximum atomic E-state index is 13.3. The average molecular weight is 472 g/mol. The molecule has 0 bridgehead atoms. The molecule has 1 aliphatic carbocycles. The van der Waals surface area contributed by atoms with Crippen LogP contribution >= 0.6 is 0 Å². The van der Waals surface area contributed by atoms with Crippen LogP contribution in [0.2, 0.25) is 0 Å². The molecule has 186 valence electrons. The van der Waals surface area contributed by atoms with Crippen molar-refractivity contribution in [3.8, 4) is 0 Å². The van der Waals surface area contributed by atoms with Crippen LogP contribution in [0.25, 0.3) is 0 Å². The van der Waals surface area contributed by atoms with Gasteiger partial charge in [-0.2, -0.15) is 0 Å². The molecule has 9 heteroatoms. The number of carbonyl (C=O) groups excluding carboxylic acids is 2. The van der Waals surface area contributed by atoms with E-state index in [0.29, 0.717) is 44.1 Å². The van der Waals surface area contributed by atoms with Crippen molar-refractivity contribution >= 4 is 29.4 Å². The molecule has 1 aromatic heterocycles. The van der Waals surface area contributed by atoms with Crippen molar-refractivity contribution in [1.29, 1.82) is 0 Å². The van der Waals surface area contributed by atoms with Gasteiger partial charge < -0.3 is 25.1 Å². The van der Waals surface area contributed by atoms with Gasteiger partial charge in [0.15, 0.2) is 0 Å². The van der Waals surface area contributed by atoms with Crippen molar-refractivity contribution in [2.45, 2.75) is 64.3 Å². The molecule has 2 aliphatic heterocycles. The Kier molecular flexibility index (Phi) is 7.90. The Morgan fingerprint density at radius 2 is 1.71 bits per heavy atom. The highest BCUT2D eigenvalue weighted by Gasteiger charge is 2.28. The van der Waals surface area contributed by atoms with Crippen molar-refractivity contribution in [3.05, 3.63) is 17.7 Å². The summed E-state index contributed by atoms with van der Waals surface area (Å²) in [6.45, 7) is 5.54. The van der Waals surface area contributed by atoms with E-state index in [1.807, 2.05) is 17.0 Å². The number of piperazine rings is 1. The number of carboxylic acids is 1. The molecule has 1 aromatic rings. The summed E-state index contributed by atoms with van der Waals surface area (Å²) in [5.41, 5.74) is 0.574. The lowest BCUT2D eigenvalue weighted by Gasteiger charge is -2.37. The Morgan fingerprint density at radius 3 is 2.38 bits per heavy atom. The lowest BCUT2D eigenvalue weighted by Crippen LogP contribution is -2.49. The standard InChI is InChI=1S/C25H37N5O4/c1-18(31)28-12-14-29(15-13-28)24-21(25(34)26-20-7-3-2-4-8-20)9-10-22(27-24)30-11-5-6-19(17-30)16-23(32)33/h9-10,19-20H,2-8,11-17H2,1H3,(H,26,34)(H,32,33). The number of anilines is 2. The quantitative estimate of drug-likeness (QED) is 0.657. The summed E-state index contributed by atoms with van der Waals surface area (Å²) in [5.74, 6) is 0.762. The highest BCUT2D eigenvalue weighted by molar-refractivity contribution is 5.99. The molecule has 0 aromatic carbocycles. The lowest BCUT2D eigenvalue weighted by molar-refractivity contribution is -0.138. The number of pyridine rings is 1. The second-order valence-corrected chi connectivity index (χ2v) is 9.89. The molecule has 4 rings (SSSR count). The van der Waals surface area contributed by atoms with Crippen LogP contribution in [0, 0.1) is 5.92 Å². The van der Waals surface area contributed by atoms with Crippen molar-refractivity contribution in [2.24, 2.45) is 5.92 Å². The van der Waals surface area contributed by atoms with Gasteiger partial charge in [-0.3, -0.25) is 14.4 Å². The molecule has 2 amide bonds. The first kappa shape index (κ1) is 24.3. The number of hydrogen-bond donors (Lipinski definition) is 2. The molecule has 2 N–H and O–H groups in total. The smallest absolute Gasteiger partial charge is 0.303 e. The number of nitrogens with one attached hydrogen (secondary N) is 1. The van der Waals surface area contributed by atoms with Crippen molar-refractivity contribution in [3.63, 3.8) is 0 Å². The molecule has 1 unspecified atom stereocenters. The zero-order chi connectivity index (χ0) is 24.1. The molecule has 3 heterocycles. The number of aromatic nitrogens is 1. The number of amides is 2. The lowest BCUT2D eigenvalue weighted by atomic mass is 9.95. The van der Waals surface area contributed by atoms with E-state index in [1.54, 1.807) is 6.92 Å². The maximum Gasteiger partial charge on any atom is 0.303 e. The minimum Gasteiger partial charge on any atom is -0.481 e. The average Bonchev–Trinajstić information content (AvgIpc) is 2.84. The maximum absolute atomic E-state index is 13.3. The SMILES string of the molecule is CC(=O)N1CCN(c2nc(N3CCCC(CC(=O)O)C3)ccc2C(=O)NC2CCCCC2)CC1. The van der Waals surface area contributed by atoms with Gasteiger partial charge in [-0.05, 0) is 43.7 Å². The van der Waals surface area contributed by atoms with E-state index in [9.17, 15) is 19.5 Å². The molecule has 1 saturated carbocycles. The highest BCUT2D eigenvalue weighted by atomic mass is 16.4. The van der Waals surface area contributed by atoms with Gasteiger partial charge in [-0.25, -0.2) is 4.98 Å². The first-order valence-electron chi connectivity index (χ1n) is 12.7. The minimum atomic E-state index is -0.765. The molecule has 9 nitrogen and oxygen atoms in total. The van der Waals surface area contributed by atoms with E-state index in [0.717, 1.165) is 50.9 Å². The Labute approximate surface area is 201 Å². The van der Waals surface area contributed by atoms with E-state index in [1.165, 1.54) is 6.42 Å². The number of nitrogens with zero attached hydrogens (tertiary/aromatic N) is 4. The number of rotatable bonds is 6. The fraction of sp³-hybridized carbons (Fsp3) is 0.680. The van der Waals surface area contributed by atoms with E-state index in [2.05, 4.69) is 15.1 Å². The van der Waals surface area contributed by atoms with Gasteiger partial charge >= 0.3 is 5.97 Å². The summed E-state index contributed by atoms with van der Waals surface area (Å²) in [6.07, 6.45) is 7.56. The minimum absolute atomic E-state index is 0.0643. The molecule has 2 saturated heterocycles. The van der Waals surface area contributed by atoms with E-state index in [4.69, 9.17) is 4.98 Å². The fourth-order valence-corrected chi connectivity index (χ4v) is 5.46. The summed E-state index contributed by atoms with van der Waals surface area (Å²) in [6, 6.07) is 3.98. The zero-order valence-corrected chi connectivity index (χ0v) is 20.2. The number of carboxylic acid groups (broad SMARTS) is 1. The van der Waals surface area contributed by atoms with E-state index >= 15 is 0 Å². The Morgan fingerprint density at radius 1 is 0.971 bits per heavy atom. The van der Waals surface area contributed by atoms with Crippen LogP contribution in [-0.4, -0.2) is 78.1 Å². The molecule has 0 spiro atoms. The molecular weight excluding hydrogens is 434 g/mol. The Bertz CT molecular complexity index is 893. The molecule has 0 radical (unpaired) electrons. The van der Waals surface area contributed by atoms with Crippen LogP contribution in [0.1, 0.15) is 68.6 Å². The molecular formula is C25H37N5O4. The molecule has 3 fully saturated rings. The summed E-state index contributed by atoms with van der Waals surface area (Å²) in [5, 5.41) is 12.4. The number of carbonyl (C=O) groups is 3. The Hall–Kier alpha value is -2.84. The van der Waals surface area contributed by atoms with Crippen LogP contribution in [0.3, 0.4) is 0 Å². The van der Waals surface area contributed by atoms with Gasteiger partial charge in [0.05, 0.1) is 5.56 Å². The van der Waals surface area contributed by atoms with E-state index in [-0.39, 0.29) is 30.2 Å². The molecule has 34 heavy (non-hydrogen) atoms. The topological polar surface area (TPSA) is 106 Å². The van der Waals surface area contributed by atoms with Gasteiger partial charge in [0.25, 0.3) is 5.91 Å². The number of hydrogen-bond acceptors (Lipinski definition) is 6. The summed E-state index contributed by atoms with van der Waals surface area (Å²) in [7, 11) is 0. The van der Waals surface area contributed by atoms with Gasteiger partial charge in [-0.15, -0.1) is 0 Å². The summed E-state index contributed by atoms with van der Waals surface area (Å²) >= 11 is 0. The fourth-order valence-electron chi connectivity index (χ4n) is 5.46. The third-order valence-electron chi connectivity index (χ3n) is 7.38. The summed E-state index contributed by atoms with van der Waals surface area (Å²) < 4.78 is 0. The first-order chi connectivity index (χ1) is 16.4. The van der Waals surface area contributed by atoms with Gasteiger partial charge in [0.2, 0.25) is 5.91 Å². The van der Waals surface area contributed by atoms with Crippen molar-refractivity contribution in [2.75, 3.05) is 49.1 Å². The van der Waals surface area contributed by atoms with Gasteiger partial charge in [0, 0.05) is 58.7 Å². The Balaban J connectivity index is 1.56. The van der Waals surface area contributed by atoms with Crippen LogP contribution in [0.5, 0.6) is 0 Å². The predicted octanol–water partition coefficient (Wildman–Crippen LogP) is 2.50. The van der Waals surface area contributed by atoms with Gasteiger partial charge in [-0.1, -0.05) is 19.3 Å². The van der Waals surface area contributed by atoms with Crippen molar-refractivity contribution in [1.82, 2.24) is 15.2 Å². The van der Waals surface area contributed by atoms with E-state index < -0.39 is 5.97 Å². The first-order valence-corrected chi connectivity index (χ1v) is 12.7. The molecule has 3 aliphatic rings. The van der Waals surface area contributed by atoms with Crippen LogP contribution < -0.4 is 15.1 Å². The largest absolute Gasteiger partial charge is 0.481 e. The third kappa shape index (κ3) is 5.98. The van der Waals surface area contributed by atoms with Crippen LogP contribution in [-0.2, 0) is 9.59 Å².